The number of halogens is 1. The second kappa shape index (κ2) is 6.67. The number of alkyl halides is 1. The van der Waals surface area contributed by atoms with Gasteiger partial charge in [-0.25, -0.2) is 0 Å². The molecule has 0 saturated heterocycles. The Balaban J connectivity index is 2.67. The lowest BCUT2D eigenvalue weighted by atomic mass is 10.2. The lowest BCUT2D eigenvalue weighted by Gasteiger charge is -2.12. The molecule has 0 N–H and O–H groups in total. The van der Waals surface area contributed by atoms with E-state index in [9.17, 15) is 0 Å². The van der Waals surface area contributed by atoms with Crippen molar-refractivity contribution >= 4 is 22.0 Å². The maximum atomic E-state index is 5.76. The van der Waals surface area contributed by atoms with E-state index >= 15 is 0 Å². The van der Waals surface area contributed by atoms with Gasteiger partial charge in [-0.1, -0.05) is 53.2 Å². The van der Waals surface area contributed by atoms with Gasteiger partial charge < -0.3 is 4.74 Å². The molecule has 1 aromatic rings. The van der Waals surface area contributed by atoms with Gasteiger partial charge in [0.1, 0.15) is 5.75 Å². The Bertz CT molecular complexity index is 320. The van der Waals surface area contributed by atoms with Crippen LogP contribution in [0.3, 0.4) is 0 Å². The van der Waals surface area contributed by atoms with Crippen LogP contribution in [-0.2, 0) is 0 Å². The van der Waals surface area contributed by atoms with Gasteiger partial charge in [-0.2, -0.15) is 0 Å². The van der Waals surface area contributed by atoms with Crippen LogP contribution in [0.1, 0.15) is 19.4 Å². The highest BCUT2D eigenvalue weighted by Gasteiger charge is 2.03. The lowest BCUT2D eigenvalue weighted by molar-refractivity contribution is 0.273. The Morgan fingerprint density at radius 1 is 1.40 bits per heavy atom. The molecule has 0 bridgehead atoms. The van der Waals surface area contributed by atoms with E-state index in [1.807, 2.05) is 31.2 Å². The van der Waals surface area contributed by atoms with Crippen molar-refractivity contribution in [3.8, 4) is 5.75 Å². The zero-order chi connectivity index (χ0) is 11.1. The third-order valence-corrected chi connectivity index (χ3v) is 3.16. The number of para-hydroxylation sites is 1. The molecule has 0 aliphatic heterocycles. The number of benzene rings is 1. The normalized spacial score (nSPS) is 13.0. The quantitative estimate of drug-likeness (QED) is 0.730. The number of ether oxygens (including phenoxy) is 1. The van der Waals surface area contributed by atoms with Gasteiger partial charge in [-0.15, -0.1) is 0 Å². The minimum absolute atomic E-state index is 0.531. The Kier molecular flexibility index (Phi) is 5.48. The minimum atomic E-state index is 0.531. The van der Waals surface area contributed by atoms with Crippen molar-refractivity contribution in [2.24, 2.45) is 5.92 Å². The van der Waals surface area contributed by atoms with Crippen molar-refractivity contribution in [2.75, 3.05) is 11.9 Å². The Morgan fingerprint density at radius 3 is 2.80 bits per heavy atom. The van der Waals surface area contributed by atoms with Gasteiger partial charge in [-0.05, 0) is 18.9 Å². The van der Waals surface area contributed by atoms with Gasteiger partial charge in [0.25, 0.3) is 0 Å². The molecular weight excluding hydrogens is 252 g/mol. The first-order chi connectivity index (χ1) is 7.27. The van der Waals surface area contributed by atoms with Crippen molar-refractivity contribution in [3.63, 3.8) is 0 Å². The molecule has 0 spiro atoms. The summed E-state index contributed by atoms with van der Waals surface area (Å²) in [6.07, 6.45) is 4.09. The molecule has 0 aliphatic rings. The molecule has 1 aromatic carbocycles. The van der Waals surface area contributed by atoms with Crippen LogP contribution >= 0.6 is 15.9 Å². The molecule has 0 radical (unpaired) electrons. The number of allylic oxidation sites excluding steroid dienone is 1. The Morgan fingerprint density at radius 2 is 2.13 bits per heavy atom. The molecule has 1 nitrogen and oxygen atoms in total. The number of hydrogen-bond donors (Lipinski definition) is 0. The fourth-order valence-corrected chi connectivity index (χ4v) is 1.39. The van der Waals surface area contributed by atoms with Crippen molar-refractivity contribution in [3.05, 3.63) is 35.9 Å². The first kappa shape index (κ1) is 12.3. The van der Waals surface area contributed by atoms with Crippen molar-refractivity contribution < 1.29 is 4.74 Å². The minimum Gasteiger partial charge on any atom is -0.493 e. The smallest absolute Gasteiger partial charge is 0.126 e. The second-order valence-corrected chi connectivity index (χ2v) is 4.26. The van der Waals surface area contributed by atoms with E-state index in [1.54, 1.807) is 0 Å². The largest absolute Gasteiger partial charge is 0.493 e. The summed E-state index contributed by atoms with van der Waals surface area (Å²) in [5.74, 6) is 1.49. The summed E-state index contributed by atoms with van der Waals surface area (Å²) >= 11 is 3.44. The average molecular weight is 269 g/mol. The second-order valence-electron chi connectivity index (χ2n) is 3.61. The maximum absolute atomic E-state index is 5.76. The molecule has 0 aliphatic carbocycles. The Labute approximate surface area is 100 Å². The molecular formula is C13H17BrO. The number of rotatable bonds is 5. The summed E-state index contributed by atoms with van der Waals surface area (Å²) in [6.45, 7) is 4.92. The van der Waals surface area contributed by atoms with Gasteiger partial charge in [0.05, 0.1) is 6.61 Å². The highest BCUT2D eigenvalue weighted by Crippen LogP contribution is 2.20. The average Bonchev–Trinajstić information content (AvgIpc) is 2.28. The molecule has 1 rings (SSSR count). The van der Waals surface area contributed by atoms with E-state index in [0.717, 1.165) is 23.2 Å². The molecule has 15 heavy (non-hydrogen) atoms. The van der Waals surface area contributed by atoms with Crippen molar-refractivity contribution in [2.45, 2.75) is 13.8 Å². The standard InChI is InChI=1S/C13H17BrO/c1-3-6-12-7-4-5-8-13(12)15-10-11(2)9-14/h3-8,11H,9-10H2,1-2H3. The predicted octanol–water partition coefficient (Wildman–Crippen LogP) is 4.13. The van der Waals surface area contributed by atoms with Gasteiger partial charge in [0.2, 0.25) is 0 Å². The number of hydrogen-bond acceptors (Lipinski definition) is 1. The molecule has 0 amide bonds. The first-order valence-corrected chi connectivity index (χ1v) is 6.30. The van der Waals surface area contributed by atoms with Gasteiger partial charge in [-0.3, -0.25) is 0 Å². The summed E-state index contributed by atoms with van der Waals surface area (Å²) < 4.78 is 5.76. The molecule has 2 heteroatoms. The van der Waals surface area contributed by atoms with E-state index in [0.29, 0.717) is 5.92 Å². The van der Waals surface area contributed by atoms with Crippen LogP contribution in [0.4, 0.5) is 0 Å². The highest BCUT2D eigenvalue weighted by atomic mass is 79.9. The van der Waals surface area contributed by atoms with E-state index in [1.165, 1.54) is 0 Å². The van der Waals surface area contributed by atoms with Crippen LogP contribution in [0.15, 0.2) is 30.3 Å². The zero-order valence-corrected chi connectivity index (χ0v) is 10.8. The van der Waals surface area contributed by atoms with Crippen LogP contribution in [0, 0.1) is 5.92 Å². The molecule has 0 fully saturated rings. The van der Waals surface area contributed by atoms with Crippen LogP contribution in [0.2, 0.25) is 0 Å². The molecule has 0 aromatic heterocycles. The monoisotopic (exact) mass is 268 g/mol. The third-order valence-electron chi connectivity index (χ3n) is 2.05. The molecule has 1 unspecified atom stereocenters. The van der Waals surface area contributed by atoms with E-state index < -0.39 is 0 Å². The Hall–Kier alpha value is -0.760. The molecule has 1 atom stereocenters. The first-order valence-electron chi connectivity index (χ1n) is 5.18. The van der Waals surface area contributed by atoms with Crippen LogP contribution in [-0.4, -0.2) is 11.9 Å². The topological polar surface area (TPSA) is 9.23 Å². The van der Waals surface area contributed by atoms with E-state index in [2.05, 4.69) is 35.0 Å². The van der Waals surface area contributed by atoms with E-state index in [4.69, 9.17) is 4.74 Å². The molecule has 0 saturated carbocycles. The van der Waals surface area contributed by atoms with Gasteiger partial charge in [0.15, 0.2) is 0 Å². The van der Waals surface area contributed by atoms with Crippen LogP contribution in [0.5, 0.6) is 5.75 Å². The van der Waals surface area contributed by atoms with Gasteiger partial charge >= 0.3 is 0 Å². The highest BCUT2D eigenvalue weighted by molar-refractivity contribution is 9.09. The van der Waals surface area contributed by atoms with Crippen LogP contribution < -0.4 is 4.74 Å². The summed E-state index contributed by atoms with van der Waals surface area (Å²) in [6, 6.07) is 8.10. The fourth-order valence-electron chi connectivity index (χ4n) is 1.21. The maximum Gasteiger partial charge on any atom is 0.126 e. The third kappa shape index (κ3) is 4.08. The SMILES string of the molecule is CC=Cc1ccccc1OCC(C)CBr. The summed E-state index contributed by atoms with van der Waals surface area (Å²) in [7, 11) is 0. The zero-order valence-electron chi connectivity index (χ0n) is 9.24. The van der Waals surface area contributed by atoms with Crippen LogP contribution in [0.25, 0.3) is 6.08 Å². The van der Waals surface area contributed by atoms with E-state index in [-0.39, 0.29) is 0 Å². The van der Waals surface area contributed by atoms with Gasteiger partial charge in [0, 0.05) is 10.9 Å². The molecule has 0 heterocycles. The summed E-state index contributed by atoms with van der Waals surface area (Å²) in [5.41, 5.74) is 1.14. The predicted molar refractivity (Wildman–Crippen MR) is 69.6 cm³/mol. The van der Waals surface area contributed by atoms with Crippen molar-refractivity contribution in [1.29, 1.82) is 0 Å². The summed E-state index contributed by atoms with van der Waals surface area (Å²) in [4.78, 5) is 0. The molecule has 82 valence electrons. The summed E-state index contributed by atoms with van der Waals surface area (Å²) in [5, 5.41) is 0.971. The fraction of sp³-hybridized carbons (Fsp3) is 0.385. The van der Waals surface area contributed by atoms with Crippen molar-refractivity contribution in [1.82, 2.24) is 0 Å². The lowest BCUT2D eigenvalue weighted by Crippen LogP contribution is -2.09.